The molecule has 1 amide bonds. The number of hydrogen-bond acceptors (Lipinski definition) is 3. The number of nitrogens with one attached hydrogen (secondary N) is 1. The molecule has 0 fully saturated rings. The molecule has 0 aliphatic heterocycles. The lowest BCUT2D eigenvalue weighted by atomic mass is 10.2. The van der Waals surface area contributed by atoms with Crippen LogP contribution in [0.4, 0.5) is 0 Å². The van der Waals surface area contributed by atoms with Crippen molar-refractivity contribution < 1.29 is 9.53 Å². The molecule has 0 saturated carbocycles. The molecule has 5 nitrogen and oxygen atoms in total. The highest BCUT2D eigenvalue weighted by Crippen LogP contribution is 2.19. The lowest BCUT2D eigenvalue weighted by molar-refractivity contribution is -0.116. The zero-order chi connectivity index (χ0) is 19.1. The molecule has 0 spiro atoms. The van der Waals surface area contributed by atoms with E-state index < -0.39 is 0 Å². The summed E-state index contributed by atoms with van der Waals surface area (Å²) in [4.78, 5) is 12.0. The van der Waals surface area contributed by atoms with Crippen LogP contribution in [0.1, 0.15) is 17.0 Å². The second kappa shape index (κ2) is 8.85. The number of aryl methyl sites for hydroxylation is 1. The molecule has 3 aromatic rings. The number of nitrogens with zero attached hydrogens (tertiary/aromatic N) is 2. The van der Waals surface area contributed by atoms with Crippen LogP contribution in [0.15, 0.2) is 66.7 Å². The van der Waals surface area contributed by atoms with Crippen molar-refractivity contribution in [2.45, 2.75) is 13.8 Å². The van der Waals surface area contributed by atoms with Crippen LogP contribution in [-0.2, 0) is 4.79 Å². The number of benzene rings is 2. The Labute approximate surface area is 159 Å². The van der Waals surface area contributed by atoms with Crippen LogP contribution in [0.3, 0.4) is 0 Å². The van der Waals surface area contributed by atoms with Gasteiger partial charge in [0.05, 0.1) is 17.9 Å². The van der Waals surface area contributed by atoms with Crippen LogP contribution in [0.25, 0.3) is 11.8 Å². The van der Waals surface area contributed by atoms with E-state index in [4.69, 9.17) is 4.74 Å². The van der Waals surface area contributed by atoms with Crippen LogP contribution in [-0.4, -0.2) is 28.8 Å². The molecular formula is C22H23N3O2. The molecule has 1 heterocycles. The average Bonchev–Trinajstić information content (AvgIpc) is 2.99. The highest BCUT2D eigenvalue weighted by atomic mass is 16.5. The number of ether oxygens (including phenoxy) is 1. The summed E-state index contributed by atoms with van der Waals surface area (Å²) in [6.45, 7) is 4.81. The van der Waals surface area contributed by atoms with Crippen LogP contribution in [0, 0.1) is 13.8 Å². The number of para-hydroxylation sites is 2. The van der Waals surface area contributed by atoms with Gasteiger partial charge in [-0.15, -0.1) is 0 Å². The third-order valence-electron chi connectivity index (χ3n) is 4.16. The molecule has 0 radical (unpaired) electrons. The fourth-order valence-electron chi connectivity index (χ4n) is 2.79. The molecule has 1 N–H and O–H groups in total. The number of carbonyl (C=O) groups excluding carboxylic acids is 1. The number of carbonyl (C=O) groups is 1. The molecule has 0 aliphatic carbocycles. The Morgan fingerprint density at radius 2 is 1.74 bits per heavy atom. The normalized spacial score (nSPS) is 10.9. The Hall–Kier alpha value is -3.34. The van der Waals surface area contributed by atoms with Crippen molar-refractivity contribution in [3.05, 3.63) is 83.7 Å². The number of hydrogen-bond donors (Lipinski definition) is 1. The van der Waals surface area contributed by atoms with Gasteiger partial charge < -0.3 is 10.1 Å². The predicted molar refractivity (Wildman–Crippen MR) is 107 cm³/mol. The quantitative estimate of drug-likeness (QED) is 0.516. The van der Waals surface area contributed by atoms with E-state index in [0.717, 1.165) is 28.4 Å². The van der Waals surface area contributed by atoms with Gasteiger partial charge in [-0.2, -0.15) is 5.10 Å². The molecule has 5 heteroatoms. The fraction of sp³-hybridized carbons (Fsp3) is 0.182. The van der Waals surface area contributed by atoms with Crippen molar-refractivity contribution in [2.24, 2.45) is 0 Å². The summed E-state index contributed by atoms with van der Waals surface area (Å²) >= 11 is 0. The van der Waals surface area contributed by atoms with Gasteiger partial charge in [0.1, 0.15) is 12.4 Å². The minimum absolute atomic E-state index is 0.155. The smallest absolute Gasteiger partial charge is 0.244 e. The van der Waals surface area contributed by atoms with Crippen molar-refractivity contribution in [1.29, 1.82) is 0 Å². The molecular weight excluding hydrogens is 338 g/mol. The first-order chi connectivity index (χ1) is 13.1. The first kappa shape index (κ1) is 18.5. The number of amides is 1. The average molecular weight is 361 g/mol. The van der Waals surface area contributed by atoms with Crippen molar-refractivity contribution in [2.75, 3.05) is 13.2 Å². The summed E-state index contributed by atoms with van der Waals surface area (Å²) in [5.41, 5.74) is 3.83. The SMILES string of the molecule is Cc1nn(-c2ccccc2)c(C)c1/C=C/C(=O)NCCOc1ccccc1. The summed E-state index contributed by atoms with van der Waals surface area (Å²) in [5, 5.41) is 7.40. The van der Waals surface area contributed by atoms with Crippen LogP contribution in [0.2, 0.25) is 0 Å². The van der Waals surface area contributed by atoms with Crippen molar-refractivity contribution in [3.8, 4) is 11.4 Å². The Morgan fingerprint density at radius 3 is 2.44 bits per heavy atom. The maximum Gasteiger partial charge on any atom is 0.244 e. The van der Waals surface area contributed by atoms with E-state index >= 15 is 0 Å². The van der Waals surface area contributed by atoms with Crippen molar-refractivity contribution >= 4 is 12.0 Å². The van der Waals surface area contributed by atoms with Crippen LogP contribution >= 0.6 is 0 Å². The van der Waals surface area contributed by atoms with Gasteiger partial charge in [0, 0.05) is 17.3 Å². The van der Waals surface area contributed by atoms with Crippen LogP contribution < -0.4 is 10.1 Å². The van der Waals surface area contributed by atoms with E-state index in [9.17, 15) is 4.79 Å². The zero-order valence-electron chi connectivity index (χ0n) is 15.6. The molecule has 3 rings (SSSR count). The Morgan fingerprint density at radius 1 is 1.07 bits per heavy atom. The molecule has 0 aliphatic rings. The summed E-state index contributed by atoms with van der Waals surface area (Å²) in [5.74, 6) is 0.639. The van der Waals surface area contributed by atoms with E-state index in [1.165, 1.54) is 6.08 Å². The Bertz CT molecular complexity index is 915. The van der Waals surface area contributed by atoms with E-state index in [2.05, 4.69) is 10.4 Å². The zero-order valence-corrected chi connectivity index (χ0v) is 15.6. The molecule has 0 unspecified atom stereocenters. The molecule has 138 valence electrons. The third kappa shape index (κ3) is 4.85. The summed E-state index contributed by atoms with van der Waals surface area (Å²) < 4.78 is 7.45. The minimum Gasteiger partial charge on any atom is -0.492 e. The number of rotatable bonds is 7. The Kier molecular flexibility index (Phi) is 6.05. The fourth-order valence-corrected chi connectivity index (χ4v) is 2.79. The van der Waals surface area contributed by atoms with Gasteiger partial charge in [-0.25, -0.2) is 4.68 Å². The maximum absolute atomic E-state index is 12.0. The van der Waals surface area contributed by atoms with Gasteiger partial charge in [-0.1, -0.05) is 36.4 Å². The monoisotopic (exact) mass is 361 g/mol. The third-order valence-corrected chi connectivity index (χ3v) is 4.16. The van der Waals surface area contributed by atoms with Gasteiger partial charge in [0.15, 0.2) is 0 Å². The van der Waals surface area contributed by atoms with Gasteiger partial charge >= 0.3 is 0 Å². The predicted octanol–water partition coefficient (Wildman–Crippen LogP) is 3.70. The van der Waals surface area contributed by atoms with Crippen molar-refractivity contribution in [1.82, 2.24) is 15.1 Å². The molecule has 0 saturated heterocycles. The molecule has 0 atom stereocenters. The number of aromatic nitrogens is 2. The summed E-state index contributed by atoms with van der Waals surface area (Å²) in [6, 6.07) is 19.5. The highest BCUT2D eigenvalue weighted by Gasteiger charge is 2.10. The van der Waals surface area contributed by atoms with Gasteiger partial charge in [-0.05, 0) is 44.2 Å². The summed E-state index contributed by atoms with van der Waals surface area (Å²) in [7, 11) is 0. The second-order valence-electron chi connectivity index (χ2n) is 6.12. The highest BCUT2D eigenvalue weighted by molar-refractivity contribution is 5.92. The lowest BCUT2D eigenvalue weighted by Gasteiger charge is -2.06. The lowest BCUT2D eigenvalue weighted by Crippen LogP contribution is -2.26. The molecule has 1 aromatic heterocycles. The van der Waals surface area contributed by atoms with E-state index in [-0.39, 0.29) is 5.91 Å². The molecule has 0 bridgehead atoms. The van der Waals surface area contributed by atoms with Gasteiger partial charge in [0.25, 0.3) is 0 Å². The van der Waals surface area contributed by atoms with Crippen molar-refractivity contribution in [3.63, 3.8) is 0 Å². The second-order valence-corrected chi connectivity index (χ2v) is 6.12. The molecule has 2 aromatic carbocycles. The van der Waals surface area contributed by atoms with E-state index in [1.807, 2.05) is 85.3 Å². The standard InChI is InChI=1S/C22H23N3O2/c1-17-21(18(2)25(24-17)19-9-5-3-6-10-19)13-14-22(26)23-15-16-27-20-11-7-4-8-12-20/h3-14H,15-16H2,1-2H3,(H,23,26)/b14-13+. The van der Waals surface area contributed by atoms with E-state index in [1.54, 1.807) is 0 Å². The largest absolute Gasteiger partial charge is 0.492 e. The van der Waals surface area contributed by atoms with Gasteiger partial charge in [0.2, 0.25) is 5.91 Å². The minimum atomic E-state index is -0.155. The van der Waals surface area contributed by atoms with Crippen LogP contribution in [0.5, 0.6) is 5.75 Å². The first-order valence-corrected chi connectivity index (χ1v) is 8.90. The first-order valence-electron chi connectivity index (χ1n) is 8.90. The topological polar surface area (TPSA) is 56.2 Å². The summed E-state index contributed by atoms with van der Waals surface area (Å²) in [6.07, 6.45) is 3.35. The maximum atomic E-state index is 12.0. The molecule has 27 heavy (non-hydrogen) atoms. The van der Waals surface area contributed by atoms with E-state index in [0.29, 0.717) is 13.2 Å². The van der Waals surface area contributed by atoms with Gasteiger partial charge in [-0.3, -0.25) is 4.79 Å². The Balaban J connectivity index is 1.56.